The summed E-state index contributed by atoms with van der Waals surface area (Å²) >= 11 is 0. The van der Waals surface area contributed by atoms with Crippen molar-refractivity contribution in [2.24, 2.45) is 7.05 Å². The molecule has 1 aromatic heterocycles. The summed E-state index contributed by atoms with van der Waals surface area (Å²) in [5.74, 6) is 0.131. The van der Waals surface area contributed by atoms with Crippen LogP contribution >= 0.6 is 0 Å². The number of fused-ring (bicyclic) bond motifs is 1. The van der Waals surface area contributed by atoms with Crippen LogP contribution < -0.4 is 10.2 Å². The number of quaternary nitrogens is 1. The first-order chi connectivity index (χ1) is 13.1. The summed E-state index contributed by atoms with van der Waals surface area (Å²) in [6.07, 6.45) is 4.42. The van der Waals surface area contributed by atoms with Crippen molar-refractivity contribution in [3.8, 4) is 0 Å². The van der Waals surface area contributed by atoms with Crippen molar-refractivity contribution in [2.75, 3.05) is 13.1 Å². The Morgan fingerprint density at radius 2 is 2.00 bits per heavy atom. The maximum absolute atomic E-state index is 12.8. The van der Waals surface area contributed by atoms with Crippen LogP contribution in [0.25, 0.3) is 10.8 Å². The van der Waals surface area contributed by atoms with Crippen molar-refractivity contribution < 1.29 is 9.69 Å². The van der Waals surface area contributed by atoms with Crippen LogP contribution in [0.15, 0.2) is 60.8 Å². The minimum absolute atomic E-state index is 0.000843. The fraction of sp³-hybridized carbons (Fsp3) is 0.348. The lowest BCUT2D eigenvalue weighted by Crippen LogP contribution is -3.11. The molecule has 4 nitrogen and oxygen atoms in total. The van der Waals surface area contributed by atoms with E-state index in [-0.39, 0.29) is 11.9 Å². The lowest BCUT2D eigenvalue weighted by molar-refractivity contribution is -0.911. The van der Waals surface area contributed by atoms with Crippen molar-refractivity contribution in [3.05, 3.63) is 72.1 Å². The van der Waals surface area contributed by atoms with Crippen molar-refractivity contribution in [2.45, 2.75) is 31.8 Å². The molecule has 1 aliphatic rings. The fourth-order valence-corrected chi connectivity index (χ4v) is 4.52. The summed E-state index contributed by atoms with van der Waals surface area (Å²) in [4.78, 5) is 14.2. The van der Waals surface area contributed by atoms with Crippen molar-refractivity contribution >= 4 is 16.7 Å². The van der Waals surface area contributed by atoms with Gasteiger partial charge in [-0.25, -0.2) is 0 Å². The zero-order chi connectivity index (χ0) is 18.8. The Bertz CT molecular complexity index is 940. The number of aryl methyl sites for hydroxylation is 1. The molecule has 2 N–H and O–H groups in total. The summed E-state index contributed by atoms with van der Waals surface area (Å²) in [5, 5.41) is 5.65. The van der Waals surface area contributed by atoms with Gasteiger partial charge in [0.05, 0.1) is 18.3 Å². The molecule has 2 heterocycles. The molecule has 27 heavy (non-hydrogen) atoms. The van der Waals surface area contributed by atoms with Crippen LogP contribution in [0.1, 0.15) is 43.1 Å². The Kier molecular flexibility index (Phi) is 4.99. The topological polar surface area (TPSA) is 38.5 Å². The lowest BCUT2D eigenvalue weighted by atomic mass is 10.00. The number of aromatic nitrogens is 1. The molecule has 0 spiro atoms. The molecular weight excluding hydrogens is 334 g/mol. The number of benzene rings is 2. The third-order valence-corrected chi connectivity index (χ3v) is 5.88. The highest BCUT2D eigenvalue weighted by Gasteiger charge is 2.33. The molecule has 1 saturated heterocycles. The number of amides is 1. The van der Waals surface area contributed by atoms with E-state index >= 15 is 0 Å². The largest absolute Gasteiger partial charge is 0.350 e. The van der Waals surface area contributed by atoms with Gasteiger partial charge in [-0.2, -0.15) is 0 Å². The molecule has 1 fully saturated rings. The number of hydrogen-bond acceptors (Lipinski definition) is 1. The molecular formula is C23H28N3O+. The SMILES string of the molecule is C[C@@H](NC(=O)C[NH+]1CCC[C@@H]1c1cccn1C)c1cccc2ccccc12. The van der Waals surface area contributed by atoms with Crippen molar-refractivity contribution in [1.82, 2.24) is 9.88 Å². The lowest BCUT2D eigenvalue weighted by Gasteiger charge is -2.23. The van der Waals surface area contributed by atoms with Gasteiger partial charge in [-0.3, -0.25) is 4.79 Å². The van der Waals surface area contributed by atoms with Gasteiger partial charge in [0, 0.05) is 26.1 Å². The van der Waals surface area contributed by atoms with E-state index in [2.05, 4.69) is 84.6 Å². The molecule has 2 aromatic carbocycles. The zero-order valence-electron chi connectivity index (χ0n) is 16.1. The second kappa shape index (κ2) is 7.57. The summed E-state index contributed by atoms with van der Waals surface area (Å²) in [5.41, 5.74) is 2.51. The standard InChI is InChI=1S/C23H27N3O/c1-17(19-11-5-9-18-8-3-4-10-20(18)19)24-23(27)16-26-15-7-13-22(26)21-12-6-14-25(21)2/h3-6,8-12,14,17,22H,7,13,15-16H2,1-2H3,(H,24,27)/p+1/t17-,22-/m1/s1. The van der Waals surface area contributed by atoms with E-state index < -0.39 is 0 Å². The Balaban J connectivity index is 1.45. The number of rotatable bonds is 5. The quantitative estimate of drug-likeness (QED) is 0.720. The number of carbonyl (C=O) groups excluding carboxylic acids is 1. The van der Waals surface area contributed by atoms with E-state index in [1.165, 1.54) is 33.4 Å². The van der Waals surface area contributed by atoms with E-state index in [0.29, 0.717) is 12.6 Å². The first-order valence-electron chi connectivity index (χ1n) is 9.86. The smallest absolute Gasteiger partial charge is 0.275 e. The minimum Gasteiger partial charge on any atom is -0.350 e. The molecule has 0 aliphatic carbocycles. The highest BCUT2D eigenvalue weighted by atomic mass is 16.2. The van der Waals surface area contributed by atoms with Crippen LogP contribution in [0.4, 0.5) is 0 Å². The monoisotopic (exact) mass is 362 g/mol. The molecule has 3 aromatic rings. The molecule has 1 unspecified atom stereocenters. The van der Waals surface area contributed by atoms with Crippen LogP contribution in [-0.4, -0.2) is 23.6 Å². The van der Waals surface area contributed by atoms with Gasteiger partial charge < -0.3 is 14.8 Å². The predicted octanol–water partition coefficient (Wildman–Crippen LogP) is 2.78. The van der Waals surface area contributed by atoms with Crippen LogP contribution in [0.2, 0.25) is 0 Å². The third kappa shape index (κ3) is 3.62. The second-order valence-corrected chi connectivity index (χ2v) is 7.68. The number of hydrogen-bond donors (Lipinski definition) is 2. The Hall–Kier alpha value is -2.59. The highest BCUT2D eigenvalue weighted by Crippen LogP contribution is 2.24. The molecule has 0 bridgehead atoms. The Morgan fingerprint density at radius 1 is 1.19 bits per heavy atom. The first-order valence-corrected chi connectivity index (χ1v) is 9.86. The maximum atomic E-state index is 12.8. The minimum atomic E-state index is -0.000843. The Labute approximate surface area is 160 Å². The summed E-state index contributed by atoms with van der Waals surface area (Å²) in [7, 11) is 2.09. The van der Waals surface area contributed by atoms with E-state index in [1.54, 1.807) is 0 Å². The Morgan fingerprint density at radius 3 is 2.81 bits per heavy atom. The summed E-state index contributed by atoms with van der Waals surface area (Å²) in [6, 6.07) is 19.3. The van der Waals surface area contributed by atoms with Gasteiger partial charge in [0.15, 0.2) is 6.54 Å². The molecule has 4 heteroatoms. The molecule has 3 atom stereocenters. The van der Waals surface area contributed by atoms with E-state index in [9.17, 15) is 4.79 Å². The average molecular weight is 362 g/mol. The third-order valence-electron chi connectivity index (χ3n) is 5.88. The number of likely N-dealkylation sites (tertiary alicyclic amines) is 1. The molecule has 4 rings (SSSR count). The van der Waals surface area contributed by atoms with Crippen LogP contribution in [0.3, 0.4) is 0 Å². The molecule has 1 aliphatic heterocycles. The normalized spacial score (nSPS) is 20.7. The number of nitrogens with zero attached hydrogens (tertiary/aromatic N) is 1. The summed E-state index contributed by atoms with van der Waals surface area (Å²) in [6.45, 7) is 3.67. The molecule has 1 amide bonds. The van der Waals surface area contributed by atoms with Crippen LogP contribution in [0.5, 0.6) is 0 Å². The van der Waals surface area contributed by atoms with Gasteiger partial charge in [0.1, 0.15) is 6.04 Å². The molecule has 0 saturated carbocycles. The van der Waals surface area contributed by atoms with Crippen molar-refractivity contribution in [3.63, 3.8) is 0 Å². The maximum Gasteiger partial charge on any atom is 0.275 e. The first kappa shape index (κ1) is 17.8. The van der Waals surface area contributed by atoms with E-state index in [4.69, 9.17) is 0 Å². The van der Waals surface area contributed by atoms with Crippen LogP contribution in [-0.2, 0) is 11.8 Å². The molecule has 140 valence electrons. The van der Waals surface area contributed by atoms with Gasteiger partial charge >= 0.3 is 0 Å². The number of nitrogens with one attached hydrogen (secondary N) is 2. The zero-order valence-corrected chi connectivity index (χ0v) is 16.1. The van der Waals surface area contributed by atoms with Crippen LogP contribution in [0, 0.1) is 0 Å². The van der Waals surface area contributed by atoms with Gasteiger partial charge in [-0.15, -0.1) is 0 Å². The predicted molar refractivity (Wildman–Crippen MR) is 109 cm³/mol. The number of carbonyl (C=O) groups is 1. The van der Waals surface area contributed by atoms with Gasteiger partial charge in [0.2, 0.25) is 0 Å². The van der Waals surface area contributed by atoms with Crippen molar-refractivity contribution in [1.29, 1.82) is 0 Å². The summed E-state index contributed by atoms with van der Waals surface area (Å²) < 4.78 is 2.19. The van der Waals surface area contributed by atoms with E-state index in [0.717, 1.165) is 13.0 Å². The van der Waals surface area contributed by atoms with Gasteiger partial charge in [-0.1, -0.05) is 42.5 Å². The molecule has 0 radical (unpaired) electrons. The van der Waals surface area contributed by atoms with Gasteiger partial charge in [0.25, 0.3) is 5.91 Å². The highest BCUT2D eigenvalue weighted by molar-refractivity contribution is 5.87. The van der Waals surface area contributed by atoms with E-state index in [1.807, 2.05) is 0 Å². The fourth-order valence-electron chi connectivity index (χ4n) is 4.52. The average Bonchev–Trinajstić information content (AvgIpc) is 3.29. The second-order valence-electron chi connectivity index (χ2n) is 7.68. The van der Waals surface area contributed by atoms with Gasteiger partial charge in [-0.05, 0) is 35.4 Å².